The van der Waals surface area contributed by atoms with Crippen LogP contribution in [0.5, 0.6) is 5.75 Å². The number of nitrogens with one attached hydrogen (secondary N) is 2. The highest BCUT2D eigenvalue weighted by Gasteiger charge is 2.18. The summed E-state index contributed by atoms with van der Waals surface area (Å²) in [6.45, 7) is 1.80. The SMILES string of the molecule is C[C@@H](Oc1ccc(F)cc1Br)C(=O)NC(=O)NCc1ccccc1. The van der Waals surface area contributed by atoms with Crippen molar-refractivity contribution in [2.45, 2.75) is 19.6 Å². The molecular weight excluding hydrogens is 379 g/mol. The number of hydrogen-bond donors (Lipinski definition) is 2. The highest BCUT2D eigenvalue weighted by atomic mass is 79.9. The Hall–Kier alpha value is -2.41. The van der Waals surface area contributed by atoms with Crippen molar-refractivity contribution in [1.29, 1.82) is 0 Å². The minimum Gasteiger partial charge on any atom is -0.480 e. The van der Waals surface area contributed by atoms with Crippen LogP contribution in [-0.4, -0.2) is 18.0 Å². The van der Waals surface area contributed by atoms with E-state index in [1.54, 1.807) is 0 Å². The molecule has 5 nitrogen and oxygen atoms in total. The van der Waals surface area contributed by atoms with Crippen molar-refractivity contribution in [3.8, 4) is 5.75 Å². The molecule has 0 saturated carbocycles. The molecule has 0 unspecified atom stereocenters. The fourth-order valence-corrected chi connectivity index (χ4v) is 2.29. The lowest BCUT2D eigenvalue weighted by Gasteiger charge is -2.15. The lowest BCUT2D eigenvalue weighted by Crippen LogP contribution is -2.44. The third-order valence-corrected chi connectivity index (χ3v) is 3.72. The predicted molar refractivity (Wildman–Crippen MR) is 91.0 cm³/mol. The summed E-state index contributed by atoms with van der Waals surface area (Å²) in [5.74, 6) is -0.716. The highest BCUT2D eigenvalue weighted by molar-refractivity contribution is 9.10. The normalized spacial score (nSPS) is 11.5. The van der Waals surface area contributed by atoms with Gasteiger partial charge in [0.05, 0.1) is 4.47 Å². The summed E-state index contributed by atoms with van der Waals surface area (Å²) in [4.78, 5) is 23.7. The van der Waals surface area contributed by atoms with Gasteiger partial charge in [-0.05, 0) is 46.6 Å². The van der Waals surface area contributed by atoms with Crippen LogP contribution >= 0.6 is 15.9 Å². The second-order valence-electron chi connectivity index (χ2n) is 4.99. The number of carbonyl (C=O) groups is 2. The van der Waals surface area contributed by atoms with E-state index in [9.17, 15) is 14.0 Å². The Morgan fingerprint density at radius 1 is 1.21 bits per heavy atom. The second kappa shape index (κ2) is 8.44. The first kappa shape index (κ1) is 17.9. The van der Waals surface area contributed by atoms with Gasteiger partial charge in [-0.1, -0.05) is 30.3 Å². The largest absolute Gasteiger partial charge is 0.480 e. The molecule has 0 heterocycles. The number of imide groups is 1. The van der Waals surface area contributed by atoms with E-state index in [-0.39, 0.29) is 0 Å². The number of halogens is 2. The van der Waals surface area contributed by atoms with Gasteiger partial charge in [0.15, 0.2) is 6.10 Å². The van der Waals surface area contributed by atoms with E-state index in [0.29, 0.717) is 16.8 Å². The van der Waals surface area contributed by atoms with Crippen LogP contribution in [0, 0.1) is 5.82 Å². The third-order valence-electron chi connectivity index (χ3n) is 3.10. The molecule has 0 bridgehead atoms. The van der Waals surface area contributed by atoms with Crippen LogP contribution in [0.3, 0.4) is 0 Å². The molecule has 1 atom stereocenters. The van der Waals surface area contributed by atoms with Gasteiger partial charge in [-0.3, -0.25) is 10.1 Å². The number of urea groups is 1. The van der Waals surface area contributed by atoms with Crippen molar-refractivity contribution >= 4 is 27.9 Å². The topological polar surface area (TPSA) is 67.4 Å². The van der Waals surface area contributed by atoms with E-state index in [2.05, 4.69) is 26.6 Å². The summed E-state index contributed by atoms with van der Waals surface area (Å²) in [6, 6.07) is 12.5. The van der Waals surface area contributed by atoms with E-state index in [1.165, 1.54) is 25.1 Å². The van der Waals surface area contributed by atoms with Crippen LogP contribution in [0.2, 0.25) is 0 Å². The molecule has 2 aromatic rings. The minimum absolute atomic E-state index is 0.304. The molecule has 0 radical (unpaired) electrons. The summed E-state index contributed by atoms with van der Waals surface area (Å²) in [5.41, 5.74) is 0.916. The highest BCUT2D eigenvalue weighted by Crippen LogP contribution is 2.26. The summed E-state index contributed by atoms with van der Waals surface area (Å²) in [5, 5.41) is 4.78. The molecular formula is C17H16BrFN2O3. The molecule has 2 N–H and O–H groups in total. The first-order chi connectivity index (χ1) is 11.5. The number of amides is 3. The molecule has 7 heteroatoms. The van der Waals surface area contributed by atoms with Gasteiger partial charge in [0.2, 0.25) is 0 Å². The lowest BCUT2D eigenvalue weighted by molar-refractivity contribution is -0.126. The number of rotatable bonds is 5. The monoisotopic (exact) mass is 394 g/mol. The third kappa shape index (κ3) is 5.34. The maximum absolute atomic E-state index is 13.0. The number of hydrogen-bond acceptors (Lipinski definition) is 3. The first-order valence-electron chi connectivity index (χ1n) is 7.20. The Morgan fingerprint density at radius 2 is 1.92 bits per heavy atom. The number of carbonyl (C=O) groups excluding carboxylic acids is 2. The Labute approximate surface area is 147 Å². The van der Waals surface area contributed by atoms with Crippen molar-refractivity contribution in [1.82, 2.24) is 10.6 Å². The molecule has 24 heavy (non-hydrogen) atoms. The average Bonchev–Trinajstić information content (AvgIpc) is 2.56. The molecule has 0 aromatic heterocycles. The predicted octanol–water partition coefficient (Wildman–Crippen LogP) is 3.38. The summed E-state index contributed by atoms with van der Waals surface area (Å²) >= 11 is 3.15. The lowest BCUT2D eigenvalue weighted by atomic mass is 10.2. The second-order valence-corrected chi connectivity index (χ2v) is 5.85. The van der Waals surface area contributed by atoms with Crippen LogP contribution < -0.4 is 15.4 Å². The van der Waals surface area contributed by atoms with E-state index < -0.39 is 23.9 Å². The zero-order chi connectivity index (χ0) is 17.5. The van der Waals surface area contributed by atoms with Gasteiger partial charge in [-0.25, -0.2) is 9.18 Å². The van der Waals surface area contributed by atoms with E-state index in [0.717, 1.165) is 5.56 Å². The molecule has 2 rings (SSSR count). The molecule has 3 amide bonds. The van der Waals surface area contributed by atoms with Crippen LogP contribution in [0.25, 0.3) is 0 Å². The van der Waals surface area contributed by atoms with Gasteiger partial charge in [0.25, 0.3) is 5.91 Å². The van der Waals surface area contributed by atoms with Crippen molar-refractivity contribution in [3.63, 3.8) is 0 Å². The van der Waals surface area contributed by atoms with Gasteiger partial charge >= 0.3 is 6.03 Å². The first-order valence-corrected chi connectivity index (χ1v) is 7.99. The summed E-state index contributed by atoms with van der Waals surface area (Å²) in [6.07, 6.45) is -0.922. The van der Waals surface area contributed by atoms with E-state index in [4.69, 9.17) is 4.74 Å². The molecule has 0 saturated heterocycles. The van der Waals surface area contributed by atoms with Crippen molar-refractivity contribution < 1.29 is 18.7 Å². The standard InChI is InChI=1S/C17H16BrFN2O3/c1-11(24-15-8-7-13(19)9-14(15)18)16(22)21-17(23)20-10-12-5-3-2-4-6-12/h2-9,11H,10H2,1H3,(H2,20,21,22,23)/t11-/m1/s1. The summed E-state index contributed by atoms with van der Waals surface area (Å²) in [7, 11) is 0. The quantitative estimate of drug-likeness (QED) is 0.816. The van der Waals surface area contributed by atoms with E-state index in [1.807, 2.05) is 30.3 Å². The Morgan fingerprint density at radius 3 is 2.58 bits per heavy atom. The molecule has 0 spiro atoms. The Bertz CT molecular complexity index is 725. The Balaban J connectivity index is 1.83. The Kier molecular flexibility index (Phi) is 6.31. The minimum atomic E-state index is -0.922. The molecule has 0 aliphatic carbocycles. The van der Waals surface area contributed by atoms with Crippen LogP contribution in [0.15, 0.2) is 53.0 Å². The average molecular weight is 395 g/mol. The van der Waals surface area contributed by atoms with Crippen LogP contribution in [-0.2, 0) is 11.3 Å². The van der Waals surface area contributed by atoms with Gasteiger partial charge in [-0.15, -0.1) is 0 Å². The van der Waals surface area contributed by atoms with Gasteiger partial charge < -0.3 is 10.1 Å². The smallest absolute Gasteiger partial charge is 0.321 e. The van der Waals surface area contributed by atoms with Crippen LogP contribution in [0.4, 0.5) is 9.18 Å². The van der Waals surface area contributed by atoms with Gasteiger partial charge in [-0.2, -0.15) is 0 Å². The van der Waals surface area contributed by atoms with Gasteiger partial charge in [0.1, 0.15) is 11.6 Å². The fraction of sp³-hybridized carbons (Fsp3) is 0.176. The summed E-state index contributed by atoms with van der Waals surface area (Å²) < 4.78 is 18.8. The van der Waals surface area contributed by atoms with Crippen molar-refractivity contribution in [2.24, 2.45) is 0 Å². The molecule has 126 valence electrons. The molecule has 2 aromatic carbocycles. The maximum atomic E-state index is 13.0. The zero-order valence-electron chi connectivity index (χ0n) is 12.9. The van der Waals surface area contributed by atoms with Crippen molar-refractivity contribution in [3.05, 3.63) is 64.4 Å². The van der Waals surface area contributed by atoms with E-state index >= 15 is 0 Å². The van der Waals surface area contributed by atoms with Crippen molar-refractivity contribution in [2.75, 3.05) is 0 Å². The molecule has 0 aliphatic heterocycles. The van der Waals surface area contributed by atoms with Crippen LogP contribution in [0.1, 0.15) is 12.5 Å². The van der Waals surface area contributed by atoms with Gasteiger partial charge in [0, 0.05) is 6.54 Å². The zero-order valence-corrected chi connectivity index (χ0v) is 14.5. The number of ether oxygens (including phenoxy) is 1. The fourth-order valence-electron chi connectivity index (χ4n) is 1.85. The molecule has 0 fully saturated rings. The maximum Gasteiger partial charge on any atom is 0.321 e. The molecule has 0 aliphatic rings. The number of benzene rings is 2.